The zero-order valence-corrected chi connectivity index (χ0v) is 18.2. The van der Waals surface area contributed by atoms with Crippen molar-refractivity contribution >= 4 is 68.8 Å². The van der Waals surface area contributed by atoms with Crippen LogP contribution in [0.15, 0.2) is 76.6 Å². The molecule has 1 aromatic heterocycles. The van der Waals surface area contributed by atoms with Crippen LogP contribution >= 0.6 is 35.0 Å². The Kier molecular flexibility index (Phi) is 5.28. The summed E-state index contributed by atoms with van der Waals surface area (Å²) >= 11 is 13.6. The number of halogens is 2. The number of carbonyl (C=O) groups is 1. The Morgan fingerprint density at radius 2 is 1.74 bits per heavy atom. The van der Waals surface area contributed by atoms with Crippen molar-refractivity contribution in [3.8, 4) is 11.4 Å². The van der Waals surface area contributed by atoms with Gasteiger partial charge in [0.05, 0.1) is 26.0 Å². The first-order valence-electron chi connectivity index (χ1n) is 9.35. The second kappa shape index (κ2) is 8.23. The molecule has 1 saturated heterocycles. The summed E-state index contributed by atoms with van der Waals surface area (Å²) < 4.78 is 0. The third-order valence-electron chi connectivity index (χ3n) is 4.65. The Morgan fingerprint density at radius 3 is 2.52 bits per heavy atom. The number of thioether (sulfide) groups is 1. The van der Waals surface area contributed by atoms with E-state index in [9.17, 15) is 4.79 Å². The van der Waals surface area contributed by atoms with Crippen molar-refractivity contribution in [1.29, 1.82) is 0 Å². The molecular formula is C23H14Cl2N4OS. The van der Waals surface area contributed by atoms with E-state index in [0.29, 0.717) is 25.8 Å². The largest absolute Gasteiger partial charge is 0.338 e. The van der Waals surface area contributed by atoms with E-state index in [1.165, 1.54) is 11.8 Å². The molecule has 0 bridgehead atoms. The predicted octanol–water partition coefficient (Wildman–Crippen LogP) is 6.43. The molecule has 5 nitrogen and oxygen atoms in total. The molecule has 1 aliphatic heterocycles. The van der Waals surface area contributed by atoms with Crippen LogP contribution in [0.4, 0.5) is 5.69 Å². The van der Waals surface area contributed by atoms with E-state index in [1.807, 2.05) is 54.6 Å². The van der Waals surface area contributed by atoms with Crippen molar-refractivity contribution in [2.75, 3.05) is 0 Å². The molecular weight excluding hydrogens is 451 g/mol. The van der Waals surface area contributed by atoms with Crippen molar-refractivity contribution < 1.29 is 4.79 Å². The van der Waals surface area contributed by atoms with Gasteiger partial charge in [0.2, 0.25) is 0 Å². The monoisotopic (exact) mass is 464 g/mol. The van der Waals surface area contributed by atoms with Gasteiger partial charge in [-0.05, 0) is 47.7 Å². The second-order valence-corrected chi connectivity index (χ2v) is 8.63. The van der Waals surface area contributed by atoms with Gasteiger partial charge in [0, 0.05) is 5.56 Å². The summed E-state index contributed by atoms with van der Waals surface area (Å²) in [6.45, 7) is 0. The van der Waals surface area contributed by atoms with Crippen molar-refractivity contribution in [3.63, 3.8) is 0 Å². The highest BCUT2D eigenvalue weighted by atomic mass is 35.5. The number of fused-ring (bicyclic) bond motifs is 1. The minimum absolute atomic E-state index is 0.221. The molecule has 4 aromatic rings. The summed E-state index contributed by atoms with van der Waals surface area (Å²) in [4.78, 5) is 25.4. The molecule has 1 fully saturated rings. The lowest BCUT2D eigenvalue weighted by atomic mass is 10.2. The van der Waals surface area contributed by atoms with E-state index in [-0.39, 0.29) is 5.91 Å². The van der Waals surface area contributed by atoms with Crippen LogP contribution in [0.25, 0.3) is 28.5 Å². The average molecular weight is 465 g/mol. The highest BCUT2D eigenvalue weighted by molar-refractivity contribution is 8.18. The zero-order valence-electron chi connectivity index (χ0n) is 15.9. The summed E-state index contributed by atoms with van der Waals surface area (Å²) in [5.41, 5.74) is 4.09. The maximum atomic E-state index is 12.4. The Morgan fingerprint density at radius 1 is 0.968 bits per heavy atom. The molecule has 0 aliphatic carbocycles. The van der Waals surface area contributed by atoms with Gasteiger partial charge in [-0.3, -0.25) is 4.79 Å². The quantitative estimate of drug-likeness (QED) is 0.343. The number of nitrogens with zero attached hydrogens (tertiary/aromatic N) is 2. The first kappa shape index (κ1) is 19.9. The molecule has 0 atom stereocenters. The van der Waals surface area contributed by atoms with Gasteiger partial charge >= 0.3 is 0 Å². The molecule has 31 heavy (non-hydrogen) atoms. The molecule has 0 unspecified atom stereocenters. The number of aromatic nitrogens is 2. The van der Waals surface area contributed by atoms with E-state index in [2.05, 4.69) is 20.3 Å². The van der Waals surface area contributed by atoms with Gasteiger partial charge < -0.3 is 10.3 Å². The molecule has 0 spiro atoms. The molecule has 5 rings (SSSR count). The summed E-state index contributed by atoms with van der Waals surface area (Å²) in [6.07, 6.45) is 1.82. The first-order chi connectivity index (χ1) is 15.1. The van der Waals surface area contributed by atoms with Gasteiger partial charge in [0.25, 0.3) is 5.91 Å². The number of carbonyl (C=O) groups excluding carboxylic acids is 1. The Hall–Kier alpha value is -3.06. The van der Waals surface area contributed by atoms with E-state index in [1.54, 1.807) is 18.2 Å². The highest BCUT2D eigenvalue weighted by Crippen LogP contribution is 2.35. The Balaban J connectivity index is 1.43. The number of para-hydroxylation sites is 1. The number of H-pyrrole nitrogens is 1. The smallest absolute Gasteiger partial charge is 0.264 e. The fraction of sp³-hybridized carbons (Fsp3) is 0. The SMILES string of the molecule is O=C1NC(=Nc2c(Cl)cccc2Cl)SC1=Cc1ccc2nc(-c3ccccc3)[nH]c2c1. The van der Waals surface area contributed by atoms with Crippen LogP contribution in [-0.4, -0.2) is 21.0 Å². The summed E-state index contributed by atoms with van der Waals surface area (Å²) in [6, 6.07) is 20.9. The number of amides is 1. The van der Waals surface area contributed by atoms with Crippen LogP contribution in [0, 0.1) is 0 Å². The number of hydrogen-bond acceptors (Lipinski definition) is 4. The minimum Gasteiger partial charge on any atom is -0.338 e. The lowest BCUT2D eigenvalue weighted by molar-refractivity contribution is -0.115. The number of aliphatic imine (C=N–C) groups is 1. The maximum absolute atomic E-state index is 12.4. The number of nitrogens with one attached hydrogen (secondary N) is 2. The molecule has 0 radical (unpaired) electrons. The van der Waals surface area contributed by atoms with E-state index in [0.717, 1.165) is 28.0 Å². The van der Waals surface area contributed by atoms with E-state index in [4.69, 9.17) is 23.2 Å². The fourth-order valence-corrected chi connectivity index (χ4v) is 4.49. The summed E-state index contributed by atoms with van der Waals surface area (Å²) in [7, 11) is 0. The fourth-order valence-electron chi connectivity index (χ4n) is 3.18. The number of benzene rings is 3. The maximum Gasteiger partial charge on any atom is 0.264 e. The van der Waals surface area contributed by atoms with Crippen LogP contribution < -0.4 is 5.32 Å². The van der Waals surface area contributed by atoms with Gasteiger partial charge in [-0.25, -0.2) is 9.98 Å². The number of rotatable bonds is 3. The van der Waals surface area contributed by atoms with Crippen LogP contribution in [0.2, 0.25) is 10.0 Å². The van der Waals surface area contributed by atoms with Crippen LogP contribution in [0.3, 0.4) is 0 Å². The highest BCUT2D eigenvalue weighted by Gasteiger charge is 2.24. The topological polar surface area (TPSA) is 70.1 Å². The van der Waals surface area contributed by atoms with Gasteiger partial charge in [-0.2, -0.15) is 0 Å². The minimum atomic E-state index is -0.221. The van der Waals surface area contributed by atoms with E-state index < -0.39 is 0 Å². The average Bonchev–Trinajstić information content (AvgIpc) is 3.34. The van der Waals surface area contributed by atoms with Gasteiger partial charge in [0.1, 0.15) is 11.5 Å². The predicted molar refractivity (Wildman–Crippen MR) is 129 cm³/mol. The normalized spacial score (nSPS) is 16.4. The second-order valence-electron chi connectivity index (χ2n) is 6.78. The standard InChI is InChI=1S/C23H14Cl2N4OS/c24-15-7-4-8-16(25)20(15)28-23-29-22(30)19(31-23)12-13-9-10-17-18(11-13)27-21(26-17)14-5-2-1-3-6-14/h1-12H,(H,26,27)(H,28,29,30). The molecule has 2 N–H and O–H groups in total. The number of imidazole rings is 1. The molecule has 0 saturated carbocycles. The number of aromatic amines is 1. The third-order valence-corrected chi connectivity index (χ3v) is 6.17. The number of amidine groups is 1. The molecule has 3 aromatic carbocycles. The molecule has 8 heteroatoms. The lowest BCUT2D eigenvalue weighted by Crippen LogP contribution is -2.19. The summed E-state index contributed by atoms with van der Waals surface area (Å²) in [5, 5.41) is 4.03. The first-order valence-corrected chi connectivity index (χ1v) is 10.9. The summed E-state index contributed by atoms with van der Waals surface area (Å²) in [5.74, 6) is 0.584. The Labute approximate surface area is 192 Å². The van der Waals surface area contributed by atoms with Crippen LogP contribution in [0.5, 0.6) is 0 Å². The number of hydrogen-bond donors (Lipinski definition) is 2. The van der Waals surface area contributed by atoms with Gasteiger partial charge in [0.15, 0.2) is 5.17 Å². The molecule has 2 heterocycles. The van der Waals surface area contributed by atoms with Crippen LogP contribution in [-0.2, 0) is 4.79 Å². The Bertz CT molecular complexity index is 1360. The molecule has 1 aliphatic rings. The van der Waals surface area contributed by atoms with Crippen LogP contribution in [0.1, 0.15) is 5.56 Å². The van der Waals surface area contributed by atoms with Crippen molar-refractivity contribution in [2.45, 2.75) is 0 Å². The van der Waals surface area contributed by atoms with Gasteiger partial charge in [-0.1, -0.05) is 65.7 Å². The van der Waals surface area contributed by atoms with Crippen molar-refractivity contribution in [2.24, 2.45) is 4.99 Å². The third kappa shape index (κ3) is 4.10. The van der Waals surface area contributed by atoms with Crippen molar-refractivity contribution in [1.82, 2.24) is 15.3 Å². The zero-order chi connectivity index (χ0) is 21.4. The lowest BCUT2D eigenvalue weighted by Gasteiger charge is -2.01. The van der Waals surface area contributed by atoms with Gasteiger partial charge in [-0.15, -0.1) is 0 Å². The molecule has 152 valence electrons. The van der Waals surface area contributed by atoms with E-state index >= 15 is 0 Å². The van der Waals surface area contributed by atoms with Crippen molar-refractivity contribution in [3.05, 3.63) is 87.2 Å². The molecule has 1 amide bonds.